The van der Waals surface area contributed by atoms with Crippen LogP contribution in [0.4, 0.5) is 5.95 Å². The minimum absolute atomic E-state index is 0.0107. The van der Waals surface area contributed by atoms with E-state index in [0.29, 0.717) is 18.3 Å². The Labute approximate surface area is 128 Å². The lowest BCUT2D eigenvalue weighted by atomic mass is 9.85. The molecule has 114 valence electrons. The maximum Gasteiger partial charge on any atom is 0.241 e. The van der Waals surface area contributed by atoms with Crippen LogP contribution in [0.1, 0.15) is 27.2 Å². The molecule has 1 unspecified atom stereocenters. The van der Waals surface area contributed by atoms with Crippen molar-refractivity contribution in [2.75, 3.05) is 11.9 Å². The third kappa shape index (κ3) is 4.12. The highest BCUT2D eigenvalue weighted by molar-refractivity contribution is 6.28. The molecule has 0 aliphatic rings. The molecule has 0 aromatic carbocycles. The first-order valence-corrected chi connectivity index (χ1v) is 7.05. The smallest absolute Gasteiger partial charge is 0.241 e. The fourth-order valence-electron chi connectivity index (χ4n) is 1.90. The van der Waals surface area contributed by atoms with Gasteiger partial charge in [0.2, 0.25) is 17.2 Å². The predicted octanol–water partition coefficient (Wildman–Crippen LogP) is 1.92. The molecular formula is C13H19ClN6O. The second kappa shape index (κ2) is 6.36. The Kier molecular flexibility index (Phi) is 4.74. The number of aliphatic hydroxyl groups is 1. The highest BCUT2D eigenvalue weighted by atomic mass is 35.5. The van der Waals surface area contributed by atoms with Crippen LogP contribution in [-0.4, -0.2) is 42.3 Å². The van der Waals surface area contributed by atoms with Gasteiger partial charge in [-0.1, -0.05) is 20.8 Å². The number of aliphatic hydroxyl groups excluding tert-OH is 1. The molecule has 8 heteroatoms. The normalized spacial score (nSPS) is 13.2. The number of aromatic nitrogens is 5. The Morgan fingerprint density at radius 3 is 2.67 bits per heavy atom. The third-order valence-corrected chi connectivity index (χ3v) is 3.27. The number of hydrogen-bond acceptors (Lipinski definition) is 6. The summed E-state index contributed by atoms with van der Waals surface area (Å²) < 4.78 is 1.65. The molecule has 2 aromatic heterocycles. The number of imidazole rings is 1. The van der Waals surface area contributed by atoms with E-state index in [1.807, 2.05) is 0 Å². The molecule has 2 heterocycles. The largest absolute Gasteiger partial charge is 0.396 e. The van der Waals surface area contributed by atoms with Crippen LogP contribution in [0.3, 0.4) is 0 Å². The van der Waals surface area contributed by atoms with Gasteiger partial charge < -0.3 is 10.4 Å². The summed E-state index contributed by atoms with van der Waals surface area (Å²) in [4.78, 5) is 16.5. The van der Waals surface area contributed by atoms with E-state index in [2.05, 4.69) is 46.0 Å². The Morgan fingerprint density at radius 1 is 1.33 bits per heavy atom. The van der Waals surface area contributed by atoms with Gasteiger partial charge in [-0.2, -0.15) is 15.0 Å². The molecule has 2 N–H and O–H groups in total. The summed E-state index contributed by atoms with van der Waals surface area (Å²) >= 11 is 5.96. The maximum atomic E-state index is 9.21. The number of anilines is 1. The summed E-state index contributed by atoms with van der Waals surface area (Å²) in [5, 5.41) is 12.5. The molecule has 2 aromatic rings. The van der Waals surface area contributed by atoms with Crippen LogP contribution in [0.25, 0.3) is 5.95 Å². The Hall–Kier alpha value is -1.73. The van der Waals surface area contributed by atoms with E-state index in [0.717, 1.165) is 0 Å². The third-order valence-electron chi connectivity index (χ3n) is 3.10. The lowest BCUT2D eigenvalue weighted by Gasteiger charge is -2.31. The summed E-state index contributed by atoms with van der Waals surface area (Å²) in [6.07, 6.45) is 5.54. The number of nitrogens with one attached hydrogen (secondary N) is 1. The van der Waals surface area contributed by atoms with E-state index < -0.39 is 0 Å². The Balaban J connectivity index is 2.27. The van der Waals surface area contributed by atoms with Crippen molar-refractivity contribution >= 4 is 17.5 Å². The molecule has 1 atom stereocenters. The molecule has 0 saturated heterocycles. The molecule has 0 radical (unpaired) electrons. The first-order valence-electron chi connectivity index (χ1n) is 6.67. The lowest BCUT2D eigenvalue weighted by Crippen LogP contribution is -2.35. The molecule has 0 saturated carbocycles. The molecule has 7 nitrogen and oxygen atoms in total. The van der Waals surface area contributed by atoms with Gasteiger partial charge >= 0.3 is 0 Å². The second-order valence-electron chi connectivity index (χ2n) is 5.77. The highest BCUT2D eigenvalue weighted by Gasteiger charge is 2.25. The molecule has 0 fully saturated rings. The van der Waals surface area contributed by atoms with E-state index in [1.165, 1.54) is 0 Å². The zero-order valence-corrected chi connectivity index (χ0v) is 13.0. The molecule has 2 rings (SSSR count). The van der Waals surface area contributed by atoms with Gasteiger partial charge in [0.05, 0.1) is 0 Å². The van der Waals surface area contributed by atoms with Crippen molar-refractivity contribution in [2.45, 2.75) is 33.2 Å². The van der Waals surface area contributed by atoms with Gasteiger partial charge in [0, 0.05) is 25.0 Å². The highest BCUT2D eigenvalue weighted by Crippen LogP contribution is 2.24. The fourth-order valence-corrected chi connectivity index (χ4v) is 2.06. The minimum atomic E-state index is -0.0585. The number of halogens is 1. The predicted molar refractivity (Wildman–Crippen MR) is 80.5 cm³/mol. The van der Waals surface area contributed by atoms with Crippen LogP contribution in [0.15, 0.2) is 18.7 Å². The molecule has 0 aliphatic heterocycles. The van der Waals surface area contributed by atoms with E-state index >= 15 is 0 Å². The average Bonchev–Trinajstić information content (AvgIpc) is 2.90. The van der Waals surface area contributed by atoms with Crippen molar-refractivity contribution < 1.29 is 5.11 Å². The molecule has 0 amide bonds. The van der Waals surface area contributed by atoms with Gasteiger partial charge in [-0.05, 0) is 23.4 Å². The Morgan fingerprint density at radius 2 is 2.10 bits per heavy atom. The first-order chi connectivity index (χ1) is 9.90. The second-order valence-corrected chi connectivity index (χ2v) is 6.11. The number of rotatable bonds is 5. The number of hydrogen-bond donors (Lipinski definition) is 2. The van der Waals surface area contributed by atoms with E-state index in [-0.39, 0.29) is 23.3 Å². The lowest BCUT2D eigenvalue weighted by molar-refractivity contribution is 0.235. The molecule has 0 bridgehead atoms. The molecule has 21 heavy (non-hydrogen) atoms. The monoisotopic (exact) mass is 310 g/mol. The van der Waals surface area contributed by atoms with Crippen LogP contribution in [0.2, 0.25) is 5.28 Å². The first kappa shape index (κ1) is 15.7. The van der Waals surface area contributed by atoms with Gasteiger partial charge in [-0.15, -0.1) is 0 Å². The van der Waals surface area contributed by atoms with Crippen LogP contribution >= 0.6 is 11.6 Å². The van der Waals surface area contributed by atoms with Crippen LogP contribution < -0.4 is 5.32 Å². The van der Waals surface area contributed by atoms with Gasteiger partial charge in [0.15, 0.2) is 0 Å². The summed E-state index contributed by atoms with van der Waals surface area (Å²) in [6, 6.07) is 0.0107. The Bertz CT molecular complexity index is 581. The molecule has 0 spiro atoms. The quantitative estimate of drug-likeness (QED) is 0.877. The van der Waals surface area contributed by atoms with Crippen LogP contribution in [0.5, 0.6) is 0 Å². The van der Waals surface area contributed by atoms with Crippen molar-refractivity contribution in [2.24, 2.45) is 5.41 Å². The summed E-state index contributed by atoms with van der Waals surface area (Å²) in [5.41, 5.74) is -0.0585. The van der Waals surface area contributed by atoms with Crippen molar-refractivity contribution in [3.05, 3.63) is 24.0 Å². The molecular weight excluding hydrogens is 292 g/mol. The van der Waals surface area contributed by atoms with Crippen LogP contribution in [-0.2, 0) is 0 Å². The standard InChI is InChI=1S/C13H19ClN6O/c1-13(2,3)9(4-7-21)16-11-17-10(14)18-12(19-11)20-6-5-15-8-20/h5-6,8-9,21H,4,7H2,1-3H3,(H,16,17,18,19). The van der Waals surface area contributed by atoms with Crippen molar-refractivity contribution in [3.8, 4) is 5.95 Å². The van der Waals surface area contributed by atoms with Crippen molar-refractivity contribution in [1.29, 1.82) is 0 Å². The van der Waals surface area contributed by atoms with Gasteiger partial charge in [0.1, 0.15) is 6.33 Å². The SMILES string of the molecule is CC(C)(C)C(CCO)Nc1nc(Cl)nc(-n2ccnc2)n1. The summed E-state index contributed by atoms with van der Waals surface area (Å²) in [7, 11) is 0. The minimum Gasteiger partial charge on any atom is -0.396 e. The summed E-state index contributed by atoms with van der Waals surface area (Å²) in [6.45, 7) is 6.34. The van der Waals surface area contributed by atoms with E-state index in [4.69, 9.17) is 11.6 Å². The topological polar surface area (TPSA) is 88.8 Å². The van der Waals surface area contributed by atoms with Gasteiger partial charge in [-0.3, -0.25) is 4.57 Å². The van der Waals surface area contributed by atoms with Crippen LogP contribution in [0, 0.1) is 5.41 Å². The maximum absolute atomic E-state index is 9.21. The zero-order valence-electron chi connectivity index (χ0n) is 12.3. The average molecular weight is 311 g/mol. The molecule has 0 aliphatic carbocycles. The number of nitrogens with zero attached hydrogens (tertiary/aromatic N) is 5. The zero-order chi connectivity index (χ0) is 15.5. The fraction of sp³-hybridized carbons (Fsp3) is 0.538. The van der Waals surface area contributed by atoms with Crippen molar-refractivity contribution in [1.82, 2.24) is 24.5 Å². The van der Waals surface area contributed by atoms with Gasteiger partial charge in [0.25, 0.3) is 0 Å². The summed E-state index contributed by atoms with van der Waals surface area (Å²) in [5.74, 6) is 0.777. The van der Waals surface area contributed by atoms with Crippen molar-refractivity contribution in [3.63, 3.8) is 0 Å². The van der Waals surface area contributed by atoms with E-state index in [1.54, 1.807) is 23.3 Å². The van der Waals surface area contributed by atoms with Gasteiger partial charge in [-0.25, -0.2) is 4.98 Å². The van der Waals surface area contributed by atoms with E-state index in [9.17, 15) is 5.11 Å².